The number of pyridine rings is 1. The van der Waals surface area contributed by atoms with Crippen LogP contribution in [0.3, 0.4) is 0 Å². The average molecular weight is 267 g/mol. The van der Waals surface area contributed by atoms with Gasteiger partial charge in [-0.3, -0.25) is 4.79 Å². The second kappa shape index (κ2) is 5.41. The molecule has 0 fully saturated rings. The van der Waals surface area contributed by atoms with Gasteiger partial charge < -0.3 is 10.5 Å². The summed E-state index contributed by atoms with van der Waals surface area (Å²) in [5, 5.41) is 9.15. The van der Waals surface area contributed by atoms with Gasteiger partial charge in [-0.25, -0.2) is 4.98 Å². The minimum absolute atomic E-state index is 0.261. The molecular formula is C15H13N3O2. The highest BCUT2D eigenvalue weighted by Crippen LogP contribution is 2.25. The molecule has 0 radical (unpaired) electrons. The molecule has 100 valence electrons. The Morgan fingerprint density at radius 3 is 2.50 bits per heavy atom. The lowest BCUT2D eigenvalue weighted by atomic mass is 10.1. The van der Waals surface area contributed by atoms with Gasteiger partial charge in [-0.15, -0.1) is 0 Å². The summed E-state index contributed by atoms with van der Waals surface area (Å²) in [6.45, 7) is 3.66. The lowest BCUT2D eigenvalue weighted by molar-refractivity contribution is 0.100. The van der Waals surface area contributed by atoms with Crippen LogP contribution < -0.4 is 10.5 Å². The van der Waals surface area contributed by atoms with Crippen molar-refractivity contribution >= 4 is 5.91 Å². The number of carbonyl (C=O) groups excluding carboxylic acids is 1. The Morgan fingerprint density at radius 2 is 1.95 bits per heavy atom. The van der Waals surface area contributed by atoms with Crippen molar-refractivity contribution in [3.05, 3.63) is 52.7 Å². The van der Waals surface area contributed by atoms with Crippen LogP contribution in [0.4, 0.5) is 0 Å². The highest BCUT2D eigenvalue weighted by Gasteiger charge is 2.11. The molecule has 1 heterocycles. The predicted octanol–water partition coefficient (Wildman–Crippen LogP) is 2.46. The third-order valence-electron chi connectivity index (χ3n) is 2.78. The Labute approximate surface area is 116 Å². The van der Waals surface area contributed by atoms with Crippen LogP contribution in [0.15, 0.2) is 30.3 Å². The van der Waals surface area contributed by atoms with Crippen LogP contribution in [-0.4, -0.2) is 10.9 Å². The van der Waals surface area contributed by atoms with Gasteiger partial charge in [-0.05, 0) is 49.7 Å². The third kappa shape index (κ3) is 2.75. The highest BCUT2D eigenvalue weighted by atomic mass is 16.5. The Bertz CT molecular complexity index is 700. The maximum absolute atomic E-state index is 11.0. The first-order chi connectivity index (χ1) is 9.51. The summed E-state index contributed by atoms with van der Waals surface area (Å²) in [6, 6.07) is 10.2. The fourth-order valence-corrected chi connectivity index (χ4v) is 1.81. The van der Waals surface area contributed by atoms with Gasteiger partial charge in [0.15, 0.2) is 0 Å². The number of amides is 1. The number of carbonyl (C=O) groups is 1. The van der Waals surface area contributed by atoms with Crippen LogP contribution in [-0.2, 0) is 0 Å². The third-order valence-corrected chi connectivity index (χ3v) is 2.78. The number of ether oxygens (including phenoxy) is 1. The maximum atomic E-state index is 11.0. The number of hydrogen-bond acceptors (Lipinski definition) is 4. The molecule has 0 spiro atoms. The quantitative estimate of drug-likeness (QED) is 0.925. The number of nitrogens with two attached hydrogens (primary N) is 1. The van der Waals surface area contributed by atoms with E-state index in [1.807, 2.05) is 19.9 Å². The summed E-state index contributed by atoms with van der Waals surface area (Å²) >= 11 is 0. The van der Waals surface area contributed by atoms with Crippen molar-refractivity contribution in [1.82, 2.24) is 4.98 Å². The van der Waals surface area contributed by atoms with Crippen LogP contribution >= 0.6 is 0 Å². The molecule has 0 bridgehead atoms. The van der Waals surface area contributed by atoms with Crippen LogP contribution in [0.25, 0.3) is 0 Å². The normalized spacial score (nSPS) is 9.85. The molecule has 1 aromatic heterocycles. The van der Waals surface area contributed by atoms with E-state index < -0.39 is 5.91 Å². The molecule has 0 saturated carbocycles. The number of nitrogens with zero attached hydrogens (tertiary/aromatic N) is 2. The zero-order chi connectivity index (χ0) is 14.7. The predicted molar refractivity (Wildman–Crippen MR) is 73.5 cm³/mol. The monoisotopic (exact) mass is 267 g/mol. The number of aromatic nitrogens is 1. The molecule has 0 aliphatic rings. The van der Waals surface area contributed by atoms with E-state index in [2.05, 4.69) is 11.1 Å². The fourth-order valence-electron chi connectivity index (χ4n) is 1.81. The SMILES string of the molecule is Cc1cc(C)c(C#N)c(Oc2ccc(C(N)=O)cc2)n1. The lowest BCUT2D eigenvalue weighted by Crippen LogP contribution is -2.10. The average Bonchev–Trinajstić information content (AvgIpc) is 2.39. The number of hydrogen-bond donors (Lipinski definition) is 1. The van der Waals surface area contributed by atoms with Gasteiger partial charge in [0.25, 0.3) is 0 Å². The Kier molecular flexibility index (Phi) is 3.67. The van der Waals surface area contributed by atoms with Crippen molar-refractivity contribution in [2.24, 2.45) is 5.73 Å². The molecule has 2 N–H and O–H groups in total. The summed E-state index contributed by atoms with van der Waals surface area (Å²) < 4.78 is 5.61. The molecule has 1 aromatic carbocycles. The summed E-state index contributed by atoms with van der Waals surface area (Å²) in [6.07, 6.45) is 0. The van der Waals surface area contributed by atoms with E-state index in [1.54, 1.807) is 24.3 Å². The molecule has 0 saturated heterocycles. The van der Waals surface area contributed by atoms with Crippen LogP contribution in [0.5, 0.6) is 11.6 Å². The van der Waals surface area contributed by atoms with Crippen molar-refractivity contribution in [1.29, 1.82) is 5.26 Å². The van der Waals surface area contributed by atoms with Gasteiger partial charge in [-0.1, -0.05) is 0 Å². The molecular weight excluding hydrogens is 254 g/mol. The van der Waals surface area contributed by atoms with Crippen molar-refractivity contribution in [3.63, 3.8) is 0 Å². The molecule has 1 amide bonds. The van der Waals surface area contributed by atoms with Crippen molar-refractivity contribution in [3.8, 4) is 17.7 Å². The lowest BCUT2D eigenvalue weighted by Gasteiger charge is -2.09. The number of primary amides is 1. The Hall–Kier alpha value is -2.87. The van der Waals surface area contributed by atoms with E-state index >= 15 is 0 Å². The Balaban J connectivity index is 2.35. The minimum atomic E-state index is -0.501. The molecule has 0 aliphatic heterocycles. The number of aryl methyl sites for hydroxylation is 2. The molecule has 5 heteroatoms. The summed E-state index contributed by atoms with van der Waals surface area (Å²) in [5.74, 6) is 0.250. The Morgan fingerprint density at radius 1 is 1.30 bits per heavy atom. The standard InChI is InChI=1S/C15H13N3O2/c1-9-7-10(2)18-15(13(9)8-16)20-12-5-3-11(4-6-12)14(17)19/h3-7H,1-2H3,(H2,17,19). The minimum Gasteiger partial charge on any atom is -0.438 e. The first-order valence-electron chi connectivity index (χ1n) is 5.97. The van der Waals surface area contributed by atoms with Crippen molar-refractivity contribution < 1.29 is 9.53 Å². The van der Waals surface area contributed by atoms with E-state index in [0.717, 1.165) is 11.3 Å². The largest absolute Gasteiger partial charge is 0.438 e. The van der Waals surface area contributed by atoms with E-state index in [0.29, 0.717) is 16.9 Å². The van der Waals surface area contributed by atoms with Gasteiger partial charge in [-0.2, -0.15) is 5.26 Å². The van der Waals surface area contributed by atoms with Crippen LogP contribution in [0.1, 0.15) is 27.2 Å². The molecule has 0 unspecified atom stereocenters. The second-order valence-electron chi connectivity index (χ2n) is 4.36. The topological polar surface area (TPSA) is 89.0 Å². The fraction of sp³-hybridized carbons (Fsp3) is 0.133. The first-order valence-corrected chi connectivity index (χ1v) is 5.97. The number of benzene rings is 1. The number of rotatable bonds is 3. The maximum Gasteiger partial charge on any atom is 0.248 e. The van der Waals surface area contributed by atoms with Gasteiger partial charge in [0.1, 0.15) is 17.4 Å². The smallest absolute Gasteiger partial charge is 0.248 e. The molecule has 2 rings (SSSR count). The molecule has 2 aromatic rings. The molecule has 0 atom stereocenters. The van der Waals surface area contributed by atoms with Crippen molar-refractivity contribution in [2.75, 3.05) is 0 Å². The highest BCUT2D eigenvalue weighted by molar-refractivity contribution is 5.92. The second-order valence-corrected chi connectivity index (χ2v) is 4.36. The van der Waals surface area contributed by atoms with Gasteiger partial charge in [0.2, 0.25) is 11.8 Å². The van der Waals surface area contributed by atoms with E-state index in [-0.39, 0.29) is 5.88 Å². The summed E-state index contributed by atoms with van der Waals surface area (Å²) in [5.41, 5.74) is 7.54. The van der Waals surface area contributed by atoms with Gasteiger partial charge in [0.05, 0.1) is 0 Å². The van der Waals surface area contributed by atoms with Crippen LogP contribution in [0.2, 0.25) is 0 Å². The molecule has 5 nitrogen and oxygen atoms in total. The number of nitriles is 1. The van der Waals surface area contributed by atoms with E-state index in [1.165, 1.54) is 0 Å². The van der Waals surface area contributed by atoms with E-state index in [9.17, 15) is 4.79 Å². The zero-order valence-electron chi connectivity index (χ0n) is 11.2. The van der Waals surface area contributed by atoms with Crippen LogP contribution in [0, 0.1) is 25.2 Å². The van der Waals surface area contributed by atoms with Crippen molar-refractivity contribution in [2.45, 2.75) is 13.8 Å². The first kappa shape index (κ1) is 13.6. The summed E-state index contributed by atoms with van der Waals surface area (Å²) in [4.78, 5) is 15.2. The molecule has 0 aliphatic carbocycles. The zero-order valence-corrected chi connectivity index (χ0v) is 11.2. The summed E-state index contributed by atoms with van der Waals surface area (Å²) in [7, 11) is 0. The van der Waals surface area contributed by atoms with Gasteiger partial charge >= 0.3 is 0 Å². The van der Waals surface area contributed by atoms with Gasteiger partial charge in [0, 0.05) is 11.3 Å². The molecule has 20 heavy (non-hydrogen) atoms. The van der Waals surface area contributed by atoms with E-state index in [4.69, 9.17) is 15.7 Å².